The summed E-state index contributed by atoms with van der Waals surface area (Å²) < 4.78 is 0. The Bertz CT molecular complexity index is 651. The van der Waals surface area contributed by atoms with Gasteiger partial charge in [0.25, 0.3) is 0 Å². The second kappa shape index (κ2) is 9.62. The average Bonchev–Trinajstić information content (AvgIpc) is 2.67. The smallest absolute Gasteiger partial charge is 0.224 e. The minimum atomic E-state index is 0.140. The van der Waals surface area contributed by atoms with Crippen LogP contribution in [0.5, 0.6) is 0 Å². The molecule has 1 aromatic carbocycles. The lowest BCUT2D eigenvalue weighted by Gasteiger charge is -2.21. The Morgan fingerprint density at radius 3 is 2.64 bits per heavy atom. The summed E-state index contributed by atoms with van der Waals surface area (Å²) in [6.07, 6.45) is 12.0. The van der Waals surface area contributed by atoms with E-state index in [9.17, 15) is 4.79 Å². The number of amides is 1. The molecule has 0 unspecified atom stereocenters. The summed E-state index contributed by atoms with van der Waals surface area (Å²) in [4.78, 5) is 17.5. The van der Waals surface area contributed by atoms with E-state index >= 15 is 0 Å². The van der Waals surface area contributed by atoms with E-state index in [1.165, 1.54) is 42.6 Å². The first-order valence-electron chi connectivity index (χ1n) is 9.21. The van der Waals surface area contributed by atoms with Crippen molar-refractivity contribution in [1.82, 2.24) is 4.98 Å². The van der Waals surface area contributed by atoms with Crippen molar-refractivity contribution in [1.29, 1.82) is 0 Å². The number of nitrogens with zero attached hydrogens (tertiary/aromatic N) is 1. The standard InChI is InChI=1S/C21H26N2OS/c24-21(13-8-17-5-2-1-3-6-17)23-19-9-11-20(12-10-19)25-16-18-7-4-14-22-15-18/h4,7,9-12,14-15,17H,1-3,5-6,8,13,16H2,(H,23,24). The number of benzene rings is 1. The van der Waals surface area contributed by atoms with Crippen molar-refractivity contribution < 1.29 is 4.79 Å². The summed E-state index contributed by atoms with van der Waals surface area (Å²) >= 11 is 1.78. The normalized spacial score (nSPS) is 15.0. The predicted molar refractivity (Wildman–Crippen MR) is 105 cm³/mol. The number of hydrogen-bond donors (Lipinski definition) is 1. The molecule has 1 N–H and O–H groups in total. The van der Waals surface area contributed by atoms with Crippen molar-refractivity contribution in [3.63, 3.8) is 0 Å². The molecule has 1 fully saturated rings. The number of aromatic nitrogens is 1. The van der Waals surface area contributed by atoms with Gasteiger partial charge in [0, 0.05) is 35.2 Å². The Balaban J connectivity index is 1.41. The summed E-state index contributed by atoms with van der Waals surface area (Å²) in [6.45, 7) is 0. The number of carbonyl (C=O) groups is 1. The van der Waals surface area contributed by atoms with Crippen LogP contribution in [0.1, 0.15) is 50.5 Å². The molecule has 1 amide bonds. The number of thioether (sulfide) groups is 1. The monoisotopic (exact) mass is 354 g/mol. The van der Waals surface area contributed by atoms with Crippen LogP contribution in [-0.2, 0) is 10.5 Å². The number of rotatable bonds is 7. The third-order valence-electron chi connectivity index (χ3n) is 4.77. The van der Waals surface area contributed by atoms with Gasteiger partial charge in [0.15, 0.2) is 0 Å². The van der Waals surface area contributed by atoms with E-state index < -0.39 is 0 Å². The van der Waals surface area contributed by atoms with Crippen LogP contribution in [0.15, 0.2) is 53.7 Å². The van der Waals surface area contributed by atoms with Crippen LogP contribution in [0.4, 0.5) is 5.69 Å². The lowest BCUT2D eigenvalue weighted by molar-refractivity contribution is -0.116. The fourth-order valence-electron chi connectivity index (χ4n) is 3.32. The van der Waals surface area contributed by atoms with Gasteiger partial charge in [-0.2, -0.15) is 0 Å². The SMILES string of the molecule is O=C(CCC1CCCCC1)Nc1ccc(SCc2cccnc2)cc1. The molecule has 0 radical (unpaired) electrons. The molecule has 1 aliphatic rings. The van der Waals surface area contributed by atoms with Gasteiger partial charge in [-0.05, 0) is 48.2 Å². The zero-order chi connectivity index (χ0) is 17.3. The van der Waals surface area contributed by atoms with Crippen LogP contribution in [0, 0.1) is 5.92 Å². The maximum atomic E-state index is 12.1. The molecule has 0 spiro atoms. The van der Waals surface area contributed by atoms with Gasteiger partial charge in [-0.25, -0.2) is 0 Å². The van der Waals surface area contributed by atoms with E-state index in [1.54, 1.807) is 18.0 Å². The first-order chi connectivity index (χ1) is 12.3. The van der Waals surface area contributed by atoms with Crippen LogP contribution in [-0.4, -0.2) is 10.9 Å². The Morgan fingerprint density at radius 1 is 1.12 bits per heavy atom. The van der Waals surface area contributed by atoms with Crippen LogP contribution >= 0.6 is 11.8 Å². The zero-order valence-electron chi connectivity index (χ0n) is 14.6. The highest BCUT2D eigenvalue weighted by Gasteiger charge is 2.14. The third-order valence-corrected chi connectivity index (χ3v) is 5.85. The van der Waals surface area contributed by atoms with Gasteiger partial charge in [-0.3, -0.25) is 9.78 Å². The molecule has 4 heteroatoms. The number of carbonyl (C=O) groups excluding carboxylic acids is 1. The van der Waals surface area contributed by atoms with E-state index in [-0.39, 0.29) is 5.91 Å². The van der Waals surface area contributed by atoms with Gasteiger partial charge in [0.2, 0.25) is 5.91 Å². The predicted octanol–water partition coefficient (Wildman–Crippen LogP) is 5.67. The van der Waals surface area contributed by atoms with Crippen LogP contribution in [0.25, 0.3) is 0 Å². The molecular weight excluding hydrogens is 328 g/mol. The maximum absolute atomic E-state index is 12.1. The molecule has 25 heavy (non-hydrogen) atoms. The molecule has 0 saturated heterocycles. The van der Waals surface area contributed by atoms with Crippen LogP contribution < -0.4 is 5.32 Å². The largest absolute Gasteiger partial charge is 0.326 e. The molecule has 2 aromatic rings. The summed E-state index contributed by atoms with van der Waals surface area (Å²) in [5, 5.41) is 3.02. The van der Waals surface area contributed by atoms with Crippen molar-refractivity contribution in [2.75, 3.05) is 5.32 Å². The lowest BCUT2D eigenvalue weighted by Crippen LogP contribution is -2.14. The number of anilines is 1. The quantitative estimate of drug-likeness (QED) is 0.651. The first kappa shape index (κ1) is 18.0. The minimum Gasteiger partial charge on any atom is -0.326 e. The average molecular weight is 355 g/mol. The van der Waals surface area contributed by atoms with Crippen LogP contribution in [0.3, 0.4) is 0 Å². The zero-order valence-corrected chi connectivity index (χ0v) is 15.4. The Morgan fingerprint density at radius 2 is 1.92 bits per heavy atom. The van der Waals surface area contributed by atoms with E-state index in [1.807, 2.05) is 24.4 Å². The molecule has 1 heterocycles. The second-order valence-electron chi connectivity index (χ2n) is 6.77. The molecule has 1 aliphatic carbocycles. The fourth-order valence-corrected chi connectivity index (χ4v) is 4.15. The van der Waals surface area contributed by atoms with Gasteiger partial charge < -0.3 is 5.32 Å². The van der Waals surface area contributed by atoms with Gasteiger partial charge in [-0.15, -0.1) is 11.8 Å². The van der Waals surface area contributed by atoms with Crippen molar-refractivity contribution in [3.8, 4) is 0 Å². The van der Waals surface area contributed by atoms with Crippen molar-refractivity contribution >= 4 is 23.4 Å². The Kier molecular flexibility index (Phi) is 6.92. The summed E-state index contributed by atoms with van der Waals surface area (Å²) in [6, 6.07) is 12.2. The van der Waals surface area contributed by atoms with E-state index in [4.69, 9.17) is 0 Å². The highest BCUT2D eigenvalue weighted by molar-refractivity contribution is 7.98. The van der Waals surface area contributed by atoms with Crippen molar-refractivity contribution in [3.05, 3.63) is 54.4 Å². The number of pyridine rings is 1. The maximum Gasteiger partial charge on any atom is 0.224 e. The number of hydrogen-bond acceptors (Lipinski definition) is 3. The third kappa shape index (κ3) is 6.20. The highest BCUT2D eigenvalue weighted by Crippen LogP contribution is 2.28. The summed E-state index contributed by atoms with van der Waals surface area (Å²) in [5.74, 6) is 1.80. The molecule has 132 valence electrons. The minimum absolute atomic E-state index is 0.140. The lowest BCUT2D eigenvalue weighted by atomic mass is 9.86. The van der Waals surface area contributed by atoms with Gasteiger partial charge >= 0.3 is 0 Å². The molecule has 0 aliphatic heterocycles. The molecule has 3 nitrogen and oxygen atoms in total. The summed E-state index contributed by atoms with van der Waals surface area (Å²) in [7, 11) is 0. The van der Waals surface area contributed by atoms with Crippen molar-refractivity contribution in [2.45, 2.75) is 55.6 Å². The second-order valence-corrected chi connectivity index (χ2v) is 7.81. The van der Waals surface area contributed by atoms with Gasteiger partial charge in [-0.1, -0.05) is 38.2 Å². The van der Waals surface area contributed by atoms with Crippen LogP contribution in [0.2, 0.25) is 0 Å². The highest BCUT2D eigenvalue weighted by atomic mass is 32.2. The van der Waals surface area contributed by atoms with E-state index in [0.717, 1.165) is 23.8 Å². The molecule has 1 aromatic heterocycles. The molecule has 3 rings (SSSR count). The molecule has 0 bridgehead atoms. The van der Waals surface area contributed by atoms with Gasteiger partial charge in [0.1, 0.15) is 0 Å². The van der Waals surface area contributed by atoms with E-state index in [0.29, 0.717) is 6.42 Å². The Hall–Kier alpha value is -1.81. The summed E-state index contributed by atoms with van der Waals surface area (Å²) in [5.41, 5.74) is 2.10. The first-order valence-corrected chi connectivity index (χ1v) is 10.2. The fraction of sp³-hybridized carbons (Fsp3) is 0.429. The molecule has 0 atom stereocenters. The van der Waals surface area contributed by atoms with Gasteiger partial charge in [0.05, 0.1) is 0 Å². The number of nitrogens with one attached hydrogen (secondary N) is 1. The Labute approximate surface area is 154 Å². The molecule has 1 saturated carbocycles. The molecular formula is C21H26N2OS. The van der Waals surface area contributed by atoms with Crippen molar-refractivity contribution in [2.24, 2.45) is 5.92 Å². The topological polar surface area (TPSA) is 42.0 Å². The van der Waals surface area contributed by atoms with E-state index in [2.05, 4.69) is 28.5 Å².